The first kappa shape index (κ1) is 21.3. The molecule has 0 aliphatic heterocycles. The predicted molar refractivity (Wildman–Crippen MR) is 106 cm³/mol. The van der Waals surface area contributed by atoms with E-state index in [9.17, 15) is 9.90 Å². The molecular weight excluding hydrogens is 312 g/mol. The van der Waals surface area contributed by atoms with Gasteiger partial charge in [-0.1, -0.05) is 89.7 Å². The Balaban J connectivity index is 1.87. The number of carbonyl (C=O) groups excluding carboxylic acids is 1. The number of amides is 2. The molecule has 1 aromatic carbocycles. The molecule has 0 unspecified atom stereocenters. The second-order valence-corrected chi connectivity index (χ2v) is 6.79. The highest BCUT2D eigenvalue weighted by Gasteiger charge is 2.04. The van der Waals surface area contributed by atoms with E-state index in [4.69, 9.17) is 0 Å². The molecule has 0 aliphatic rings. The molecule has 4 nitrogen and oxygen atoms in total. The van der Waals surface area contributed by atoms with Crippen LogP contribution in [0.25, 0.3) is 0 Å². The first-order valence-electron chi connectivity index (χ1n) is 10.1. The van der Waals surface area contributed by atoms with E-state index in [1.807, 2.05) is 0 Å². The Morgan fingerprint density at radius 3 is 1.92 bits per heavy atom. The van der Waals surface area contributed by atoms with E-state index in [1.54, 1.807) is 24.3 Å². The molecule has 142 valence electrons. The number of rotatable bonds is 14. The third-order valence-corrected chi connectivity index (χ3v) is 4.47. The summed E-state index contributed by atoms with van der Waals surface area (Å²) in [5.41, 5.74) is 0.440. The van der Waals surface area contributed by atoms with Crippen molar-refractivity contribution in [1.82, 2.24) is 5.32 Å². The minimum atomic E-state index is -0.260. The molecule has 4 heteroatoms. The van der Waals surface area contributed by atoms with E-state index < -0.39 is 0 Å². The Kier molecular flexibility index (Phi) is 12.5. The van der Waals surface area contributed by atoms with Gasteiger partial charge < -0.3 is 15.7 Å². The number of carbonyl (C=O) groups is 1. The number of urea groups is 1. The van der Waals surface area contributed by atoms with Crippen LogP contribution in [0.4, 0.5) is 10.5 Å². The zero-order valence-corrected chi connectivity index (χ0v) is 15.9. The van der Waals surface area contributed by atoms with Crippen molar-refractivity contribution < 1.29 is 9.90 Å². The molecule has 0 aliphatic carbocycles. The van der Waals surface area contributed by atoms with Crippen LogP contribution in [-0.2, 0) is 0 Å². The van der Waals surface area contributed by atoms with Crippen LogP contribution in [0.3, 0.4) is 0 Å². The van der Waals surface area contributed by atoms with Gasteiger partial charge in [-0.25, -0.2) is 4.79 Å². The Bertz CT molecular complexity index is 463. The first-order chi connectivity index (χ1) is 12.2. The number of anilines is 1. The van der Waals surface area contributed by atoms with Gasteiger partial charge in [-0.2, -0.15) is 0 Å². The molecule has 0 heterocycles. The third kappa shape index (κ3) is 11.5. The van der Waals surface area contributed by atoms with Crippen LogP contribution in [0.1, 0.15) is 84.0 Å². The van der Waals surface area contributed by atoms with Crippen molar-refractivity contribution in [2.24, 2.45) is 0 Å². The summed E-state index contributed by atoms with van der Waals surface area (Å²) in [4.78, 5) is 11.7. The normalized spacial score (nSPS) is 10.6. The SMILES string of the molecule is CCCCCCCCCCCCCCNC(=O)Nc1ccccc1O. The Morgan fingerprint density at radius 1 is 0.840 bits per heavy atom. The van der Waals surface area contributed by atoms with Gasteiger partial charge in [0.15, 0.2) is 0 Å². The number of phenolic OH excluding ortho intramolecular Hbond substituents is 1. The minimum Gasteiger partial charge on any atom is -0.506 e. The van der Waals surface area contributed by atoms with Gasteiger partial charge >= 0.3 is 6.03 Å². The fourth-order valence-corrected chi connectivity index (χ4v) is 2.91. The number of aromatic hydroxyl groups is 1. The standard InChI is InChI=1S/C21H36N2O2/c1-2-3-4-5-6-7-8-9-10-11-12-15-18-22-21(25)23-19-16-13-14-17-20(19)24/h13-14,16-17,24H,2-12,15,18H2,1H3,(H2,22,23,25). The number of phenols is 1. The predicted octanol–water partition coefficient (Wildman–Crippen LogP) is 6.21. The summed E-state index contributed by atoms with van der Waals surface area (Å²) >= 11 is 0. The van der Waals surface area contributed by atoms with Gasteiger partial charge in [0.05, 0.1) is 5.69 Å². The average Bonchev–Trinajstić information content (AvgIpc) is 2.61. The van der Waals surface area contributed by atoms with Gasteiger partial charge in [0.25, 0.3) is 0 Å². The summed E-state index contributed by atoms with van der Waals surface area (Å²) in [6.07, 6.45) is 15.7. The van der Waals surface area contributed by atoms with Gasteiger partial charge in [-0.3, -0.25) is 0 Å². The van der Waals surface area contributed by atoms with E-state index >= 15 is 0 Å². The molecule has 0 radical (unpaired) electrons. The summed E-state index contributed by atoms with van der Waals surface area (Å²) in [6.45, 7) is 2.94. The van der Waals surface area contributed by atoms with Crippen molar-refractivity contribution in [3.05, 3.63) is 24.3 Å². The smallest absolute Gasteiger partial charge is 0.319 e. The summed E-state index contributed by atoms with van der Waals surface area (Å²) in [7, 11) is 0. The van der Waals surface area contributed by atoms with Crippen LogP contribution in [0.5, 0.6) is 5.75 Å². The maximum Gasteiger partial charge on any atom is 0.319 e. The molecule has 0 atom stereocenters. The van der Waals surface area contributed by atoms with Crippen LogP contribution in [0, 0.1) is 0 Å². The second-order valence-electron chi connectivity index (χ2n) is 6.79. The number of para-hydroxylation sites is 2. The summed E-state index contributed by atoms with van der Waals surface area (Å²) < 4.78 is 0. The largest absolute Gasteiger partial charge is 0.506 e. The van der Waals surface area contributed by atoms with Gasteiger partial charge in [-0.15, -0.1) is 0 Å². The molecule has 1 rings (SSSR count). The van der Waals surface area contributed by atoms with Gasteiger partial charge in [0.2, 0.25) is 0 Å². The van der Waals surface area contributed by atoms with Crippen LogP contribution >= 0.6 is 0 Å². The van der Waals surface area contributed by atoms with Gasteiger partial charge in [0, 0.05) is 6.54 Å². The quantitative estimate of drug-likeness (QED) is 0.276. The Morgan fingerprint density at radius 2 is 1.36 bits per heavy atom. The van der Waals surface area contributed by atoms with Crippen molar-refractivity contribution in [3.8, 4) is 5.75 Å². The van der Waals surface area contributed by atoms with Crippen LogP contribution in [0.2, 0.25) is 0 Å². The Hall–Kier alpha value is -1.71. The lowest BCUT2D eigenvalue weighted by Gasteiger charge is -2.08. The highest BCUT2D eigenvalue weighted by molar-refractivity contribution is 5.90. The molecule has 0 saturated carbocycles. The Labute approximate surface area is 153 Å². The number of benzene rings is 1. The minimum absolute atomic E-state index is 0.0861. The molecule has 0 saturated heterocycles. The highest BCUT2D eigenvalue weighted by atomic mass is 16.3. The average molecular weight is 349 g/mol. The molecule has 3 N–H and O–H groups in total. The van der Waals surface area contributed by atoms with Crippen LogP contribution < -0.4 is 10.6 Å². The summed E-state index contributed by atoms with van der Waals surface area (Å²) in [5.74, 6) is 0.0861. The molecule has 0 bridgehead atoms. The number of unbranched alkanes of at least 4 members (excludes halogenated alkanes) is 11. The molecule has 25 heavy (non-hydrogen) atoms. The van der Waals surface area contributed by atoms with Crippen molar-refractivity contribution in [1.29, 1.82) is 0 Å². The summed E-state index contributed by atoms with van der Waals surface area (Å²) in [6, 6.07) is 6.48. The van der Waals surface area contributed by atoms with Crippen LogP contribution in [0.15, 0.2) is 24.3 Å². The maximum absolute atomic E-state index is 11.7. The zero-order valence-electron chi connectivity index (χ0n) is 15.9. The van der Waals surface area contributed by atoms with Crippen molar-refractivity contribution in [2.75, 3.05) is 11.9 Å². The second kappa shape index (κ2) is 14.6. The van der Waals surface area contributed by atoms with Crippen LogP contribution in [-0.4, -0.2) is 17.7 Å². The highest BCUT2D eigenvalue weighted by Crippen LogP contribution is 2.21. The van der Waals surface area contributed by atoms with E-state index in [0.29, 0.717) is 12.2 Å². The van der Waals surface area contributed by atoms with Crippen molar-refractivity contribution in [3.63, 3.8) is 0 Å². The fraction of sp³-hybridized carbons (Fsp3) is 0.667. The number of nitrogens with one attached hydrogen (secondary N) is 2. The number of hydrogen-bond acceptors (Lipinski definition) is 2. The van der Waals surface area contributed by atoms with Crippen molar-refractivity contribution in [2.45, 2.75) is 84.0 Å². The molecular formula is C21H36N2O2. The lowest BCUT2D eigenvalue weighted by atomic mass is 10.1. The fourth-order valence-electron chi connectivity index (χ4n) is 2.91. The topological polar surface area (TPSA) is 61.4 Å². The van der Waals surface area contributed by atoms with Gasteiger partial charge in [0.1, 0.15) is 5.75 Å². The molecule has 0 fully saturated rings. The zero-order chi connectivity index (χ0) is 18.2. The number of hydrogen-bond donors (Lipinski definition) is 3. The van der Waals surface area contributed by atoms with Crippen molar-refractivity contribution >= 4 is 11.7 Å². The first-order valence-corrected chi connectivity index (χ1v) is 10.1. The maximum atomic E-state index is 11.7. The molecule has 1 aromatic rings. The van der Waals surface area contributed by atoms with E-state index in [1.165, 1.54) is 64.2 Å². The summed E-state index contributed by atoms with van der Waals surface area (Å²) in [5, 5.41) is 15.1. The van der Waals surface area contributed by atoms with Gasteiger partial charge in [-0.05, 0) is 18.6 Å². The molecule has 0 aromatic heterocycles. The lowest BCUT2D eigenvalue weighted by molar-refractivity contribution is 0.251. The molecule has 0 spiro atoms. The van der Waals surface area contributed by atoms with E-state index in [-0.39, 0.29) is 11.8 Å². The third-order valence-electron chi connectivity index (χ3n) is 4.47. The molecule has 2 amide bonds. The lowest BCUT2D eigenvalue weighted by Crippen LogP contribution is -2.29. The van der Waals surface area contributed by atoms with E-state index in [0.717, 1.165) is 12.8 Å². The monoisotopic (exact) mass is 348 g/mol. The van der Waals surface area contributed by atoms with E-state index in [2.05, 4.69) is 17.6 Å².